The van der Waals surface area contributed by atoms with Crippen molar-refractivity contribution in [1.82, 2.24) is 9.97 Å². The summed E-state index contributed by atoms with van der Waals surface area (Å²) in [6.07, 6.45) is 3.17. The Balaban J connectivity index is 0. The van der Waals surface area contributed by atoms with Gasteiger partial charge in [0.15, 0.2) is 5.82 Å². The fraction of sp³-hybridized carbons (Fsp3) is 0. The van der Waals surface area contributed by atoms with Crippen molar-refractivity contribution in [1.29, 1.82) is 0 Å². The second-order valence-electron chi connectivity index (χ2n) is 1.53. The molecule has 0 saturated heterocycles. The summed E-state index contributed by atoms with van der Waals surface area (Å²) in [6.45, 7) is 0. The number of hydrogen-bond acceptors (Lipinski definition) is 3. The molecular weight excluding hydrogens is 157 g/mol. The zero-order valence-electron chi connectivity index (χ0n) is 7.00. The van der Waals surface area contributed by atoms with Crippen LogP contribution in [0.15, 0.2) is 17.2 Å². The van der Waals surface area contributed by atoms with Crippen LogP contribution in [-0.4, -0.2) is 16.4 Å². The zero-order valence-corrected chi connectivity index (χ0v) is 8.00. The molecule has 0 saturated carbocycles. The monoisotopic (exact) mass is 163 g/mol. The van der Waals surface area contributed by atoms with Crippen molar-refractivity contribution in [2.75, 3.05) is 5.32 Å². The predicted octanol–water partition coefficient (Wildman–Crippen LogP) is -3.55. The van der Waals surface area contributed by atoms with Gasteiger partial charge in [0.1, 0.15) is 0 Å². The number of carbonyl (C=O) groups is 1. The standard InChI is InChI=1S/C5H5N3O2.Na.H/c9-3-8-4-5(10)7-2-1-6-4;;/h1-3H,(H,7,10)(H,6,8,9);;/q;+1;-1. The van der Waals surface area contributed by atoms with Gasteiger partial charge in [-0.3, -0.25) is 9.59 Å². The molecule has 0 aliphatic carbocycles. The minimum Gasteiger partial charge on any atom is -1.00 e. The van der Waals surface area contributed by atoms with Crippen LogP contribution >= 0.6 is 0 Å². The van der Waals surface area contributed by atoms with Crippen LogP contribution < -0.4 is 40.4 Å². The largest absolute Gasteiger partial charge is 1.00 e. The van der Waals surface area contributed by atoms with Gasteiger partial charge >= 0.3 is 29.6 Å². The summed E-state index contributed by atoms with van der Waals surface area (Å²) >= 11 is 0. The molecule has 0 fully saturated rings. The summed E-state index contributed by atoms with van der Waals surface area (Å²) in [4.78, 5) is 26.4. The molecule has 1 amide bonds. The Kier molecular flexibility index (Phi) is 4.76. The number of rotatable bonds is 2. The number of hydrogen-bond donors (Lipinski definition) is 2. The molecule has 0 aliphatic heterocycles. The van der Waals surface area contributed by atoms with Crippen molar-refractivity contribution in [3.8, 4) is 0 Å². The molecule has 54 valence electrons. The first-order valence-electron chi connectivity index (χ1n) is 2.58. The van der Waals surface area contributed by atoms with Gasteiger partial charge in [0.2, 0.25) is 6.41 Å². The van der Waals surface area contributed by atoms with E-state index < -0.39 is 5.56 Å². The number of amides is 1. The van der Waals surface area contributed by atoms with Crippen LogP contribution in [0.1, 0.15) is 1.43 Å². The number of carbonyl (C=O) groups excluding carboxylic acids is 1. The SMILES string of the molecule is O=CNc1ncc[nH]c1=O.[H-].[Na+]. The smallest absolute Gasteiger partial charge is 1.00 e. The molecule has 0 spiro atoms. The molecule has 0 aliphatic rings. The van der Waals surface area contributed by atoms with Crippen LogP contribution in [0.5, 0.6) is 0 Å². The maximum Gasteiger partial charge on any atom is 1.00 e. The molecule has 0 bridgehead atoms. The Labute approximate surface area is 86.0 Å². The van der Waals surface area contributed by atoms with Crippen molar-refractivity contribution < 1.29 is 35.8 Å². The number of H-pyrrole nitrogens is 1. The summed E-state index contributed by atoms with van der Waals surface area (Å²) in [5, 5.41) is 2.14. The van der Waals surface area contributed by atoms with Crippen molar-refractivity contribution >= 4 is 12.2 Å². The first-order chi connectivity index (χ1) is 4.84. The molecule has 1 aromatic rings. The number of nitrogens with one attached hydrogen (secondary N) is 2. The van der Waals surface area contributed by atoms with Gasteiger partial charge in [-0.25, -0.2) is 4.98 Å². The predicted molar refractivity (Wildman–Crippen MR) is 35.7 cm³/mol. The number of aromatic nitrogens is 2. The van der Waals surface area contributed by atoms with E-state index in [0.29, 0.717) is 6.41 Å². The second kappa shape index (κ2) is 5.06. The summed E-state index contributed by atoms with van der Waals surface area (Å²) in [5.41, 5.74) is -0.408. The molecule has 0 atom stereocenters. The minimum absolute atomic E-state index is 0. The Bertz CT molecular complexity index is 290. The van der Waals surface area contributed by atoms with Gasteiger partial charge in [-0.2, -0.15) is 0 Å². The molecule has 1 aromatic heterocycles. The Morgan fingerprint density at radius 3 is 3.00 bits per heavy atom. The Morgan fingerprint density at radius 1 is 1.73 bits per heavy atom. The third kappa shape index (κ3) is 2.83. The average molecular weight is 163 g/mol. The molecule has 11 heavy (non-hydrogen) atoms. The summed E-state index contributed by atoms with van der Waals surface area (Å²) in [5.74, 6) is 0.0116. The fourth-order valence-corrected chi connectivity index (χ4v) is 0.510. The fourth-order valence-electron chi connectivity index (χ4n) is 0.510. The van der Waals surface area contributed by atoms with Crippen LogP contribution in [0, 0.1) is 0 Å². The van der Waals surface area contributed by atoms with Gasteiger partial charge in [-0.1, -0.05) is 0 Å². The number of anilines is 1. The van der Waals surface area contributed by atoms with Crippen LogP contribution in [0.4, 0.5) is 5.82 Å². The molecule has 1 rings (SSSR count). The van der Waals surface area contributed by atoms with Crippen LogP contribution in [-0.2, 0) is 4.79 Å². The van der Waals surface area contributed by atoms with E-state index in [0.717, 1.165) is 0 Å². The van der Waals surface area contributed by atoms with Gasteiger partial charge in [0.05, 0.1) is 0 Å². The van der Waals surface area contributed by atoms with Crippen LogP contribution in [0.25, 0.3) is 0 Å². The molecule has 0 aromatic carbocycles. The van der Waals surface area contributed by atoms with Gasteiger partial charge in [-0.05, 0) is 0 Å². The van der Waals surface area contributed by atoms with Gasteiger partial charge in [0.25, 0.3) is 5.56 Å². The van der Waals surface area contributed by atoms with E-state index in [9.17, 15) is 9.59 Å². The van der Waals surface area contributed by atoms with E-state index in [1.165, 1.54) is 12.4 Å². The topological polar surface area (TPSA) is 74.8 Å². The van der Waals surface area contributed by atoms with E-state index in [4.69, 9.17) is 0 Å². The van der Waals surface area contributed by atoms with E-state index in [-0.39, 0.29) is 36.8 Å². The van der Waals surface area contributed by atoms with Crippen molar-refractivity contribution in [3.63, 3.8) is 0 Å². The zero-order chi connectivity index (χ0) is 7.40. The van der Waals surface area contributed by atoms with E-state index in [1.807, 2.05) is 0 Å². The number of aromatic amines is 1. The first kappa shape index (κ1) is 10.3. The van der Waals surface area contributed by atoms with Crippen molar-refractivity contribution in [2.24, 2.45) is 0 Å². The minimum atomic E-state index is -0.408. The third-order valence-electron chi connectivity index (χ3n) is 0.903. The summed E-state index contributed by atoms with van der Waals surface area (Å²) in [7, 11) is 0. The molecule has 0 unspecified atom stereocenters. The summed E-state index contributed by atoms with van der Waals surface area (Å²) < 4.78 is 0. The van der Waals surface area contributed by atoms with Gasteiger partial charge in [0, 0.05) is 12.4 Å². The Hall–Kier alpha value is -0.650. The van der Waals surface area contributed by atoms with E-state index in [1.54, 1.807) is 0 Å². The quantitative estimate of drug-likeness (QED) is 0.350. The maximum atomic E-state index is 10.7. The molecular formula is C5H6N3NaO2. The van der Waals surface area contributed by atoms with Crippen molar-refractivity contribution in [3.05, 3.63) is 22.7 Å². The first-order valence-corrected chi connectivity index (χ1v) is 2.58. The Morgan fingerprint density at radius 2 is 2.45 bits per heavy atom. The average Bonchev–Trinajstić information content (AvgIpc) is 1.94. The van der Waals surface area contributed by atoms with Gasteiger partial charge < -0.3 is 11.7 Å². The van der Waals surface area contributed by atoms with E-state index in [2.05, 4.69) is 15.3 Å². The maximum absolute atomic E-state index is 10.7. The number of nitrogens with zero attached hydrogens (tertiary/aromatic N) is 1. The second-order valence-corrected chi connectivity index (χ2v) is 1.53. The molecule has 2 N–H and O–H groups in total. The normalized spacial score (nSPS) is 8.00. The van der Waals surface area contributed by atoms with Gasteiger partial charge in [-0.15, -0.1) is 0 Å². The molecule has 0 radical (unpaired) electrons. The summed E-state index contributed by atoms with van der Waals surface area (Å²) in [6, 6.07) is 0. The molecule has 5 nitrogen and oxygen atoms in total. The van der Waals surface area contributed by atoms with Crippen LogP contribution in [0.2, 0.25) is 0 Å². The third-order valence-corrected chi connectivity index (χ3v) is 0.903. The van der Waals surface area contributed by atoms with Crippen molar-refractivity contribution in [2.45, 2.75) is 0 Å². The van der Waals surface area contributed by atoms with E-state index >= 15 is 0 Å². The van der Waals surface area contributed by atoms with Crippen LogP contribution in [0.3, 0.4) is 0 Å². The molecule has 1 heterocycles. The molecule has 6 heteroatoms.